The van der Waals surface area contributed by atoms with Gasteiger partial charge in [-0.1, -0.05) is 36.4 Å². The molecule has 6 heteroatoms. The number of hydrogen-bond acceptors (Lipinski definition) is 6. The van der Waals surface area contributed by atoms with Gasteiger partial charge in [-0.05, 0) is 23.3 Å². The summed E-state index contributed by atoms with van der Waals surface area (Å²) in [4.78, 5) is 13.0. The lowest BCUT2D eigenvalue weighted by Crippen LogP contribution is -2.44. The van der Waals surface area contributed by atoms with Crippen molar-refractivity contribution in [2.45, 2.75) is 0 Å². The molecule has 130 valence electrons. The number of hydrogen-bond donors (Lipinski definition) is 0. The Labute approximate surface area is 146 Å². The molecule has 2 aromatic carbocycles. The van der Waals surface area contributed by atoms with Crippen LogP contribution in [0, 0.1) is 0 Å². The van der Waals surface area contributed by atoms with Crippen LogP contribution in [-0.2, 0) is 0 Å². The van der Waals surface area contributed by atoms with E-state index in [1.807, 2.05) is 23.2 Å². The summed E-state index contributed by atoms with van der Waals surface area (Å²) in [5, 5.41) is 17.2. The van der Waals surface area contributed by atoms with Crippen LogP contribution < -0.4 is 14.7 Å². The van der Waals surface area contributed by atoms with Gasteiger partial charge in [-0.25, -0.2) is 0 Å². The number of piperazine rings is 1. The molecule has 1 saturated heterocycles. The molecule has 25 heavy (non-hydrogen) atoms. The number of carboxylic acids is 1. The van der Waals surface area contributed by atoms with Gasteiger partial charge in [0.1, 0.15) is 5.75 Å². The molecule has 1 fully saturated rings. The van der Waals surface area contributed by atoms with Crippen LogP contribution in [-0.4, -0.2) is 50.5 Å². The van der Waals surface area contributed by atoms with E-state index < -0.39 is 5.97 Å². The number of para-hydroxylation sites is 2. The number of nitrogens with zero attached hydrogens (tertiary/aromatic N) is 3. The van der Waals surface area contributed by atoms with E-state index >= 15 is 0 Å². The molecule has 0 unspecified atom stereocenters. The summed E-state index contributed by atoms with van der Waals surface area (Å²) in [6, 6.07) is 14.5. The van der Waals surface area contributed by atoms with Gasteiger partial charge in [0, 0.05) is 13.1 Å². The lowest BCUT2D eigenvalue weighted by molar-refractivity contribution is -0.255. The minimum absolute atomic E-state index is 0.169. The maximum absolute atomic E-state index is 10.7. The fourth-order valence-electron chi connectivity index (χ4n) is 2.80. The van der Waals surface area contributed by atoms with E-state index in [1.165, 1.54) is 12.1 Å². The predicted molar refractivity (Wildman–Crippen MR) is 95.1 cm³/mol. The Hall–Kier alpha value is -3.02. The molecule has 1 aliphatic heterocycles. The highest BCUT2D eigenvalue weighted by Gasteiger charge is 2.18. The second-order valence-corrected chi connectivity index (χ2v) is 5.77. The highest BCUT2D eigenvalue weighted by atomic mass is 16.5. The topological polar surface area (TPSA) is 68.2 Å². The fourth-order valence-corrected chi connectivity index (χ4v) is 2.80. The minimum atomic E-state index is -1.17. The van der Waals surface area contributed by atoms with E-state index in [9.17, 15) is 9.90 Å². The number of carboxylic acid groups (broad SMARTS) is 1. The summed E-state index contributed by atoms with van der Waals surface area (Å²) in [6.07, 6.45) is 1.75. The van der Waals surface area contributed by atoms with Crippen LogP contribution in [0.4, 0.5) is 5.69 Å². The van der Waals surface area contributed by atoms with Crippen molar-refractivity contribution in [3.8, 4) is 5.75 Å². The van der Waals surface area contributed by atoms with Crippen LogP contribution in [0.15, 0.2) is 53.6 Å². The van der Waals surface area contributed by atoms with Crippen molar-refractivity contribution in [1.82, 2.24) is 5.01 Å². The number of benzene rings is 2. The SMILES string of the molecule is COc1ccccc1N1CCN(N=Cc2ccc(C(=O)[O-])cc2)CC1. The number of carbonyl (C=O) groups excluding carboxylic acids is 1. The van der Waals surface area contributed by atoms with Gasteiger partial charge >= 0.3 is 0 Å². The molecule has 1 heterocycles. The zero-order valence-corrected chi connectivity index (χ0v) is 14.1. The molecule has 0 aliphatic carbocycles. The van der Waals surface area contributed by atoms with E-state index in [1.54, 1.807) is 25.5 Å². The lowest BCUT2D eigenvalue weighted by Gasteiger charge is -2.35. The van der Waals surface area contributed by atoms with Crippen molar-refractivity contribution < 1.29 is 14.6 Å². The van der Waals surface area contributed by atoms with Gasteiger partial charge in [0.2, 0.25) is 0 Å². The van der Waals surface area contributed by atoms with Crippen LogP contribution in [0.25, 0.3) is 0 Å². The lowest BCUT2D eigenvalue weighted by atomic mass is 10.1. The Kier molecular flexibility index (Phi) is 5.18. The van der Waals surface area contributed by atoms with E-state index in [2.05, 4.69) is 16.1 Å². The van der Waals surface area contributed by atoms with Gasteiger partial charge in [0.25, 0.3) is 0 Å². The Morgan fingerprint density at radius 1 is 1.08 bits per heavy atom. The van der Waals surface area contributed by atoms with Gasteiger partial charge < -0.3 is 19.5 Å². The number of methoxy groups -OCH3 is 1. The van der Waals surface area contributed by atoms with Crippen molar-refractivity contribution >= 4 is 17.9 Å². The Morgan fingerprint density at radius 3 is 2.40 bits per heavy atom. The molecule has 0 N–H and O–H groups in total. The summed E-state index contributed by atoms with van der Waals surface area (Å²) in [5.74, 6) is -0.289. The molecular weight excluding hydrogens is 318 g/mol. The van der Waals surface area contributed by atoms with E-state index in [0.29, 0.717) is 0 Å². The number of aromatic carboxylic acids is 1. The predicted octanol–water partition coefficient (Wildman–Crippen LogP) is 1.21. The van der Waals surface area contributed by atoms with Gasteiger partial charge in [-0.15, -0.1) is 0 Å². The van der Waals surface area contributed by atoms with Crippen LogP contribution in [0.1, 0.15) is 15.9 Å². The van der Waals surface area contributed by atoms with Crippen molar-refractivity contribution in [2.24, 2.45) is 5.10 Å². The number of ether oxygens (including phenoxy) is 1. The zero-order valence-electron chi connectivity index (χ0n) is 14.1. The first-order chi connectivity index (χ1) is 12.2. The number of hydrazone groups is 1. The first-order valence-corrected chi connectivity index (χ1v) is 8.15. The Bertz CT molecular complexity index is 751. The average Bonchev–Trinajstić information content (AvgIpc) is 2.67. The molecule has 0 radical (unpaired) electrons. The van der Waals surface area contributed by atoms with Gasteiger partial charge in [0.15, 0.2) is 0 Å². The summed E-state index contributed by atoms with van der Waals surface area (Å²) in [6.45, 7) is 3.35. The normalized spacial score (nSPS) is 14.8. The highest BCUT2D eigenvalue weighted by Crippen LogP contribution is 2.28. The molecule has 0 aromatic heterocycles. The summed E-state index contributed by atoms with van der Waals surface area (Å²) >= 11 is 0. The molecule has 0 atom stereocenters. The first kappa shape index (κ1) is 16.8. The molecule has 6 nitrogen and oxygen atoms in total. The van der Waals surface area contributed by atoms with Crippen LogP contribution in [0.2, 0.25) is 0 Å². The van der Waals surface area contributed by atoms with Gasteiger partial charge in [-0.2, -0.15) is 5.10 Å². The van der Waals surface area contributed by atoms with Crippen molar-refractivity contribution in [2.75, 3.05) is 38.2 Å². The molecule has 3 rings (SSSR count). The monoisotopic (exact) mass is 338 g/mol. The van der Waals surface area contributed by atoms with E-state index in [4.69, 9.17) is 4.74 Å². The molecule has 0 amide bonds. The highest BCUT2D eigenvalue weighted by molar-refractivity contribution is 5.87. The molecule has 0 bridgehead atoms. The summed E-state index contributed by atoms with van der Waals surface area (Å²) in [7, 11) is 1.69. The van der Waals surface area contributed by atoms with Crippen LogP contribution in [0.5, 0.6) is 5.75 Å². The van der Waals surface area contributed by atoms with Crippen molar-refractivity contribution in [3.63, 3.8) is 0 Å². The minimum Gasteiger partial charge on any atom is -0.545 e. The number of rotatable bonds is 5. The first-order valence-electron chi connectivity index (χ1n) is 8.15. The Morgan fingerprint density at radius 2 is 1.76 bits per heavy atom. The van der Waals surface area contributed by atoms with Crippen molar-refractivity contribution in [3.05, 3.63) is 59.7 Å². The smallest absolute Gasteiger partial charge is 0.142 e. The van der Waals surface area contributed by atoms with E-state index in [0.717, 1.165) is 43.2 Å². The van der Waals surface area contributed by atoms with Gasteiger partial charge in [0.05, 0.1) is 38.1 Å². The summed E-state index contributed by atoms with van der Waals surface area (Å²) in [5.41, 5.74) is 2.13. The molecule has 1 aliphatic rings. The number of carbonyl (C=O) groups is 1. The fraction of sp³-hybridized carbons (Fsp3) is 0.263. The van der Waals surface area contributed by atoms with Gasteiger partial charge in [-0.3, -0.25) is 5.01 Å². The van der Waals surface area contributed by atoms with Crippen LogP contribution in [0.3, 0.4) is 0 Å². The van der Waals surface area contributed by atoms with Crippen molar-refractivity contribution in [1.29, 1.82) is 0 Å². The molecule has 0 saturated carbocycles. The largest absolute Gasteiger partial charge is 0.545 e. The quantitative estimate of drug-likeness (QED) is 0.767. The maximum atomic E-state index is 10.7. The zero-order chi connectivity index (χ0) is 17.6. The third-order valence-electron chi connectivity index (χ3n) is 4.20. The summed E-state index contributed by atoms with van der Waals surface area (Å²) < 4.78 is 5.43. The van der Waals surface area contributed by atoms with E-state index in [-0.39, 0.29) is 5.56 Å². The molecule has 2 aromatic rings. The third-order valence-corrected chi connectivity index (χ3v) is 4.20. The second kappa shape index (κ2) is 7.70. The molecular formula is C19H20N3O3-. The standard InChI is InChI=1S/C19H21N3O3/c1-25-18-5-3-2-4-17(18)21-10-12-22(13-11-21)20-14-15-6-8-16(9-7-15)19(23)24/h2-9,14H,10-13H2,1H3,(H,23,24)/p-1. The average molecular weight is 338 g/mol. The number of anilines is 1. The molecule has 0 spiro atoms. The Balaban J connectivity index is 1.58. The third kappa shape index (κ3) is 4.09. The maximum Gasteiger partial charge on any atom is 0.142 e. The van der Waals surface area contributed by atoms with Crippen LogP contribution >= 0.6 is 0 Å². The second-order valence-electron chi connectivity index (χ2n) is 5.77.